The Balaban J connectivity index is 1.09. The van der Waals surface area contributed by atoms with E-state index in [1.54, 1.807) is 0 Å². The SMILES string of the molecule is COC(=O)NC(C(=O)N1CCCC1c1ncc(-c2ccc3c(c2)CN(C)Cc2cc(-c4cnc(C5CCCN5C(=O)C(NC(=O)OC)C(C)C)[nH]4)ccc2-3)[nH]1)C(C)C. The van der Waals surface area contributed by atoms with Crippen molar-refractivity contribution in [1.29, 1.82) is 0 Å². The van der Waals surface area contributed by atoms with Crippen LogP contribution in [0.5, 0.6) is 0 Å². The number of carbonyl (C=O) groups excluding carboxylic acids is 4. The van der Waals surface area contributed by atoms with Crippen molar-refractivity contribution in [2.75, 3.05) is 34.4 Å². The molecule has 0 bridgehead atoms. The molecule has 15 nitrogen and oxygen atoms in total. The van der Waals surface area contributed by atoms with Gasteiger partial charge in [-0.25, -0.2) is 19.6 Å². The van der Waals surface area contributed by atoms with E-state index in [-0.39, 0.29) is 35.7 Å². The van der Waals surface area contributed by atoms with Crippen LogP contribution in [0.3, 0.4) is 0 Å². The number of rotatable bonds is 10. The average molecular weight is 794 g/mol. The van der Waals surface area contributed by atoms with Crippen molar-refractivity contribution >= 4 is 24.0 Å². The van der Waals surface area contributed by atoms with Crippen LogP contribution in [-0.2, 0) is 32.2 Å². The molecule has 2 fully saturated rings. The quantitative estimate of drug-likeness (QED) is 0.146. The zero-order chi connectivity index (χ0) is 41.2. The van der Waals surface area contributed by atoms with Gasteiger partial charge in [-0.3, -0.25) is 14.5 Å². The maximum atomic E-state index is 13.7. The fourth-order valence-electron chi connectivity index (χ4n) is 8.64. The number of amides is 4. The third-order valence-electron chi connectivity index (χ3n) is 11.7. The Bertz CT molecular complexity index is 2010. The second-order valence-electron chi connectivity index (χ2n) is 16.4. The van der Waals surface area contributed by atoms with E-state index in [2.05, 4.69) is 68.9 Å². The van der Waals surface area contributed by atoms with E-state index in [4.69, 9.17) is 19.4 Å². The Morgan fingerprint density at radius 1 is 0.690 bits per heavy atom. The summed E-state index contributed by atoms with van der Waals surface area (Å²) in [5.74, 6) is 0.973. The van der Waals surface area contributed by atoms with Crippen LogP contribution in [0.4, 0.5) is 9.59 Å². The molecule has 0 radical (unpaired) electrons. The van der Waals surface area contributed by atoms with Gasteiger partial charge in [-0.1, -0.05) is 52.0 Å². The molecule has 4 atom stereocenters. The number of alkyl carbamates (subject to hydrolysis) is 2. The van der Waals surface area contributed by atoms with E-state index in [1.165, 1.54) is 36.5 Å². The van der Waals surface area contributed by atoms with Gasteiger partial charge in [0.1, 0.15) is 23.7 Å². The summed E-state index contributed by atoms with van der Waals surface area (Å²) in [6, 6.07) is 11.2. The summed E-state index contributed by atoms with van der Waals surface area (Å²) in [5.41, 5.74) is 8.53. The molecule has 0 spiro atoms. The maximum absolute atomic E-state index is 13.7. The first kappa shape index (κ1) is 40.5. The molecule has 3 aliphatic heterocycles. The predicted molar refractivity (Wildman–Crippen MR) is 218 cm³/mol. The third-order valence-corrected chi connectivity index (χ3v) is 11.7. The fourth-order valence-corrected chi connectivity index (χ4v) is 8.64. The Morgan fingerprint density at radius 3 is 1.48 bits per heavy atom. The van der Waals surface area contributed by atoms with Crippen LogP contribution in [0.1, 0.15) is 88.2 Å². The van der Waals surface area contributed by atoms with Crippen LogP contribution >= 0.6 is 0 Å². The number of imidazole rings is 2. The standard InChI is InChI=1S/C43H55N9O6/c1-24(2)36(48-42(55)57-6)40(53)51-16-8-10-34(51)38-44-20-32(46-38)26-12-14-30-28(18-26)22-50(5)23-29-19-27(13-15-31(29)30)33-21-45-39(47-33)35-11-9-17-52(35)41(54)37(25(3)4)49-43(56)58-7/h12-15,18-21,24-25,34-37H,8-11,16-17,22-23H2,1-7H3,(H,44,46)(H,45,47)(H,48,55)(H,49,56). The molecule has 0 saturated carbocycles. The highest BCUT2D eigenvalue weighted by molar-refractivity contribution is 5.87. The number of fused-ring (bicyclic) bond motifs is 3. The number of nitrogens with one attached hydrogen (secondary N) is 4. The van der Waals surface area contributed by atoms with E-state index in [9.17, 15) is 19.2 Å². The number of aromatic amines is 2. The zero-order valence-electron chi connectivity index (χ0n) is 34.4. The Kier molecular flexibility index (Phi) is 11.9. The number of ether oxygens (including phenoxy) is 2. The van der Waals surface area contributed by atoms with Crippen molar-refractivity contribution in [3.63, 3.8) is 0 Å². The summed E-state index contributed by atoms with van der Waals surface area (Å²) < 4.78 is 9.57. The van der Waals surface area contributed by atoms with E-state index in [0.717, 1.165) is 72.9 Å². The second-order valence-corrected chi connectivity index (χ2v) is 16.4. The summed E-state index contributed by atoms with van der Waals surface area (Å²) in [6.07, 6.45) is 5.69. The number of benzene rings is 2. The van der Waals surface area contributed by atoms with Crippen LogP contribution in [0.2, 0.25) is 0 Å². The molecule has 2 aromatic heterocycles. The molecular weight excluding hydrogens is 739 g/mol. The van der Waals surface area contributed by atoms with Gasteiger partial charge in [-0.2, -0.15) is 0 Å². The molecule has 308 valence electrons. The van der Waals surface area contributed by atoms with Crippen molar-refractivity contribution in [3.8, 4) is 33.6 Å². The number of carbonyl (C=O) groups is 4. The molecule has 2 aromatic carbocycles. The molecule has 4 N–H and O–H groups in total. The highest BCUT2D eigenvalue weighted by Crippen LogP contribution is 2.39. The van der Waals surface area contributed by atoms with Gasteiger partial charge in [0.05, 0.1) is 50.1 Å². The van der Waals surface area contributed by atoms with Gasteiger partial charge in [0.25, 0.3) is 0 Å². The molecule has 4 unspecified atom stereocenters. The van der Waals surface area contributed by atoms with Gasteiger partial charge >= 0.3 is 12.2 Å². The molecule has 0 aliphatic carbocycles. The first-order chi connectivity index (χ1) is 27.9. The fraction of sp³-hybridized carbons (Fsp3) is 0.488. The monoisotopic (exact) mass is 793 g/mol. The van der Waals surface area contributed by atoms with E-state index >= 15 is 0 Å². The number of H-pyrrole nitrogens is 2. The summed E-state index contributed by atoms with van der Waals surface area (Å²) in [6.45, 7) is 10.3. The lowest BCUT2D eigenvalue weighted by molar-refractivity contribution is -0.136. The number of methoxy groups -OCH3 is 2. The highest BCUT2D eigenvalue weighted by atomic mass is 16.5. The van der Waals surface area contributed by atoms with Gasteiger partial charge in [0, 0.05) is 26.2 Å². The topological polar surface area (TPSA) is 178 Å². The van der Waals surface area contributed by atoms with Crippen LogP contribution in [0.15, 0.2) is 48.8 Å². The smallest absolute Gasteiger partial charge is 0.407 e. The van der Waals surface area contributed by atoms with Crippen molar-refractivity contribution in [2.24, 2.45) is 11.8 Å². The van der Waals surface area contributed by atoms with Crippen LogP contribution in [0.25, 0.3) is 33.6 Å². The lowest BCUT2D eigenvalue weighted by Gasteiger charge is -2.30. The summed E-state index contributed by atoms with van der Waals surface area (Å²) >= 11 is 0. The van der Waals surface area contributed by atoms with Crippen molar-refractivity contribution in [1.82, 2.24) is 45.3 Å². The third kappa shape index (κ3) is 8.17. The number of hydrogen-bond acceptors (Lipinski definition) is 9. The van der Waals surface area contributed by atoms with E-state index in [1.807, 2.05) is 49.9 Å². The summed E-state index contributed by atoms with van der Waals surface area (Å²) in [5, 5.41) is 5.43. The number of hydrogen-bond donors (Lipinski definition) is 4. The minimum Gasteiger partial charge on any atom is -0.453 e. The van der Waals surface area contributed by atoms with Crippen molar-refractivity contribution < 1.29 is 28.7 Å². The predicted octanol–water partition coefficient (Wildman–Crippen LogP) is 6.17. The summed E-state index contributed by atoms with van der Waals surface area (Å²) in [7, 11) is 4.71. The van der Waals surface area contributed by atoms with Gasteiger partial charge < -0.3 is 39.9 Å². The zero-order valence-corrected chi connectivity index (χ0v) is 34.4. The van der Waals surface area contributed by atoms with Crippen LogP contribution < -0.4 is 10.6 Å². The number of nitrogens with zero attached hydrogens (tertiary/aromatic N) is 5. The summed E-state index contributed by atoms with van der Waals surface area (Å²) in [4.78, 5) is 73.9. The van der Waals surface area contributed by atoms with E-state index < -0.39 is 24.3 Å². The first-order valence-electron chi connectivity index (χ1n) is 20.2. The largest absolute Gasteiger partial charge is 0.453 e. The Hall–Kier alpha value is -5.70. The molecule has 2 saturated heterocycles. The molecule has 3 aliphatic rings. The van der Waals surface area contributed by atoms with E-state index in [0.29, 0.717) is 13.1 Å². The normalized spacial score (nSPS) is 19.1. The number of likely N-dealkylation sites (tertiary alicyclic amines) is 2. The van der Waals surface area contributed by atoms with Crippen molar-refractivity contribution in [3.05, 3.63) is 71.6 Å². The van der Waals surface area contributed by atoms with Crippen molar-refractivity contribution in [2.45, 2.75) is 90.6 Å². The highest BCUT2D eigenvalue weighted by Gasteiger charge is 2.39. The molecule has 4 amide bonds. The van der Waals surface area contributed by atoms with Gasteiger partial charge in [-0.05, 0) is 90.1 Å². The molecule has 7 rings (SSSR count). The van der Waals surface area contributed by atoms with Gasteiger partial charge in [0.2, 0.25) is 11.8 Å². The molecule has 5 heterocycles. The average Bonchev–Trinajstić information content (AvgIpc) is 4.04. The minimum absolute atomic E-state index is 0.109. The molecule has 58 heavy (non-hydrogen) atoms. The molecule has 15 heteroatoms. The lowest BCUT2D eigenvalue weighted by Crippen LogP contribution is -2.51. The van der Waals surface area contributed by atoms with Gasteiger partial charge in [-0.15, -0.1) is 0 Å². The lowest BCUT2D eigenvalue weighted by atomic mass is 9.93. The minimum atomic E-state index is -0.693. The maximum Gasteiger partial charge on any atom is 0.407 e. The molecular formula is C43H55N9O6. The second kappa shape index (κ2) is 17.0. The van der Waals surface area contributed by atoms with Gasteiger partial charge in [0.15, 0.2) is 0 Å². The van der Waals surface area contributed by atoms with Crippen LogP contribution in [-0.4, -0.2) is 105 Å². The first-order valence-corrected chi connectivity index (χ1v) is 20.2. The Labute approximate surface area is 339 Å². The Morgan fingerprint density at radius 2 is 1.10 bits per heavy atom. The number of aromatic nitrogens is 4. The molecule has 4 aromatic rings. The van der Waals surface area contributed by atoms with Crippen LogP contribution in [0, 0.1) is 11.8 Å².